The normalized spacial score (nSPS) is 18.8. The van der Waals surface area contributed by atoms with Crippen LogP contribution in [0.4, 0.5) is 19.1 Å². The average Bonchev–Trinajstić information content (AvgIpc) is 2.86. The van der Waals surface area contributed by atoms with Crippen molar-refractivity contribution in [2.75, 3.05) is 11.9 Å². The first-order chi connectivity index (χ1) is 9.05. The Balaban J connectivity index is 1.93. The molecule has 0 amide bonds. The van der Waals surface area contributed by atoms with E-state index < -0.39 is 11.7 Å². The van der Waals surface area contributed by atoms with E-state index in [1.165, 1.54) is 12.1 Å². The van der Waals surface area contributed by atoms with Gasteiger partial charge < -0.3 is 5.32 Å². The van der Waals surface area contributed by atoms with Crippen LogP contribution in [0.2, 0.25) is 0 Å². The fourth-order valence-electron chi connectivity index (χ4n) is 2.17. The van der Waals surface area contributed by atoms with Crippen LogP contribution in [0.5, 0.6) is 0 Å². The van der Waals surface area contributed by atoms with Crippen LogP contribution < -0.4 is 5.32 Å². The van der Waals surface area contributed by atoms with Crippen molar-refractivity contribution in [3.63, 3.8) is 0 Å². The Kier molecular flexibility index (Phi) is 2.65. The summed E-state index contributed by atoms with van der Waals surface area (Å²) >= 11 is 0. The summed E-state index contributed by atoms with van der Waals surface area (Å²) in [6.07, 6.45) is -3.59. The Morgan fingerprint density at radius 3 is 2.63 bits per heavy atom. The number of tetrazole rings is 1. The number of halogens is 3. The van der Waals surface area contributed by atoms with Gasteiger partial charge in [-0.1, -0.05) is 17.2 Å². The highest BCUT2D eigenvalue weighted by atomic mass is 19.4. The van der Waals surface area contributed by atoms with E-state index in [-0.39, 0.29) is 6.04 Å². The third-order valence-electron chi connectivity index (χ3n) is 3.11. The topological polar surface area (TPSA) is 55.6 Å². The predicted octanol–water partition coefficient (Wildman–Crippen LogP) is 2.10. The molecule has 0 bridgehead atoms. The number of aromatic nitrogens is 4. The Morgan fingerprint density at radius 1 is 1.21 bits per heavy atom. The van der Waals surface area contributed by atoms with Crippen molar-refractivity contribution >= 4 is 5.95 Å². The number of alkyl halides is 3. The van der Waals surface area contributed by atoms with E-state index in [9.17, 15) is 13.2 Å². The molecule has 8 heteroatoms. The second-order valence-corrected chi connectivity index (χ2v) is 4.30. The highest BCUT2D eigenvalue weighted by molar-refractivity contribution is 5.32. The lowest BCUT2D eigenvalue weighted by Gasteiger charge is -2.23. The molecule has 0 saturated heterocycles. The molecule has 1 aromatic carbocycles. The molecule has 1 aliphatic heterocycles. The number of nitrogens with zero attached hydrogens (tertiary/aromatic N) is 4. The third-order valence-corrected chi connectivity index (χ3v) is 3.11. The summed E-state index contributed by atoms with van der Waals surface area (Å²) < 4.78 is 39.1. The molecule has 1 aromatic heterocycles. The van der Waals surface area contributed by atoms with Gasteiger partial charge in [0.2, 0.25) is 5.95 Å². The fraction of sp³-hybridized carbons (Fsp3) is 0.364. The maximum Gasteiger partial charge on any atom is 0.416 e. The first-order valence-electron chi connectivity index (χ1n) is 5.74. The van der Waals surface area contributed by atoms with Crippen molar-refractivity contribution in [2.45, 2.75) is 18.6 Å². The van der Waals surface area contributed by atoms with Crippen molar-refractivity contribution in [1.29, 1.82) is 0 Å². The van der Waals surface area contributed by atoms with Crippen LogP contribution in [-0.2, 0) is 6.18 Å². The Bertz CT molecular complexity index is 575. The van der Waals surface area contributed by atoms with E-state index >= 15 is 0 Å². The minimum absolute atomic E-state index is 0.131. The van der Waals surface area contributed by atoms with Gasteiger partial charge in [0, 0.05) is 6.54 Å². The maximum absolute atomic E-state index is 12.5. The van der Waals surface area contributed by atoms with Crippen LogP contribution in [0, 0.1) is 0 Å². The second-order valence-electron chi connectivity index (χ2n) is 4.30. The average molecular weight is 269 g/mol. The molecule has 2 heterocycles. The first-order valence-corrected chi connectivity index (χ1v) is 5.74. The van der Waals surface area contributed by atoms with E-state index in [1.807, 2.05) is 0 Å². The number of hydrogen-bond acceptors (Lipinski definition) is 4. The number of nitrogens with one attached hydrogen (secondary N) is 1. The van der Waals surface area contributed by atoms with Gasteiger partial charge in [-0.05, 0) is 34.5 Å². The van der Waals surface area contributed by atoms with Crippen molar-refractivity contribution < 1.29 is 13.2 Å². The minimum Gasteiger partial charge on any atom is -0.353 e. The summed E-state index contributed by atoms with van der Waals surface area (Å²) in [5.41, 5.74) is 0.116. The van der Waals surface area contributed by atoms with Gasteiger partial charge in [0.25, 0.3) is 0 Å². The Morgan fingerprint density at radius 2 is 1.95 bits per heavy atom. The van der Waals surface area contributed by atoms with Crippen LogP contribution in [0.25, 0.3) is 0 Å². The summed E-state index contributed by atoms with van der Waals surface area (Å²) in [7, 11) is 0. The lowest BCUT2D eigenvalue weighted by molar-refractivity contribution is -0.137. The minimum atomic E-state index is -4.31. The standard InChI is InChI=1S/C11H10F3N5/c12-11(13,14)8-3-1-7(2-4-8)9-5-6-15-10-16-17-18-19(9)10/h1-4,9H,5-6H2,(H,15,16,18). The maximum atomic E-state index is 12.5. The number of rotatable bonds is 1. The highest BCUT2D eigenvalue weighted by Gasteiger charge is 2.31. The smallest absolute Gasteiger partial charge is 0.353 e. The van der Waals surface area contributed by atoms with Gasteiger partial charge in [-0.15, -0.1) is 0 Å². The van der Waals surface area contributed by atoms with Crippen LogP contribution in [0.3, 0.4) is 0 Å². The summed E-state index contributed by atoms with van der Waals surface area (Å²) in [5.74, 6) is 0.538. The Labute approximate surface area is 106 Å². The van der Waals surface area contributed by atoms with Gasteiger partial charge in [-0.25, -0.2) is 4.68 Å². The predicted molar refractivity (Wildman–Crippen MR) is 60.5 cm³/mol. The molecule has 3 rings (SSSR count). The van der Waals surface area contributed by atoms with Crippen LogP contribution in [0.15, 0.2) is 24.3 Å². The molecule has 0 aliphatic carbocycles. The summed E-state index contributed by atoms with van der Waals surface area (Å²) in [5, 5.41) is 14.2. The molecule has 100 valence electrons. The number of anilines is 1. The molecule has 2 aromatic rings. The largest absolute Gasteiger partial charge is 0.416 e. The zero-order chi connectivity index (χ0) is 13.5. The van der Waals surface area contributed by atoms with E-state index in [2.05, 4.69) is 20.8 Å². The van der Waals surface area contributed by atoms with E-state index in [0.717, 1.165) is 24.1 Å². The fourth-order valence-corrected chi connectivity index (χ4v) is 2.17. The van der Waals surface area contributed by atoms with E-state index in [1.54, 1.807) is 4.68 Å². The first kappa shape index (κ1) is 11.9. The van der Waals surface area contributed by atoms with E-state index in [4.69, 9.17) is 0 Å². The molecule has 0 radical (unpaired) electrons. The molecular formula is C11H10F3N5. The SMILES string of the molecule is FC(F)(F)c1ccc(C2CCNc3nnnn32)cc1. The second kappa shape index (κ2) is 4.22. The van der Waals surface area contributed by atoms with E-state index in [0.29, 0.717) is 12.5 Å². The van der Waals surface area contributed by atoms with Crippen LogP contribution in [0.1, 0.15) is 23.6 Å². The molecule has 0 spiro atoms. The molecule has 19 heavy (non-hydrogen) atoms. The number of fused-ring (bicyclic) bond motifs is 1. The highest BCUT2D eigenvalue weighted by Crippen LogP contribution is 2.32. The van der Waals surface area contributed by atoms with Crippen molar-refractivity contribution in [3.8, 4) is 0 Å². The van der Waals surface area contributed by atoms with Crippen LogP contribution >= 0.6 is 0 Å². The van der Waals surface area contributed by atoms with Gasteiger partial charge in [0.1, 0.15) is 0 Å². The zero-order valence-corrected chi connectivity index (χ0v) is 9.72. The van der Waals surface area contributed by atoms with Crippen molar-refractivity contribution in [3.05, 3.63) is 35.4 Å². The molecule has 1 aliphatic rings. The van der Waals surface area contributed by atoms with Crippen molar-refractivity contribution in [1.82, 2.24) is 20.2 Å². The molecule has 1 unspecified atom stereocenters. The molecule has 0 fully saturated rings. The molecule has 5 nitrogen and oxygen atoms in total. The molecule has 1 atom stereocenters. The van der Waals surface area contributed by atoms with Gasteiger partial charge in [-0.3, -0.25) is 0 Å². The quantitative estimate of drug-likeness (QED) is 0.861. The zero-order valence-electron chi connectivity index (χ0n) is 9.72. The number of hydrogen-bond donors (Lipinski definition) is 1. The monoisotopic (exact) mass is 269 g/mol. The van der Waals surface area contributed by atoms with Gasteiger partial charge in [-0.2, -0.15) is 13.2 Å². The molecule has 0 saturated carbocycles. The lowest BCUT2D eigenvalue weighted by Crippen LogP contribution is -2.24. The third kappa shape index (κ3) is 2.13. The lowest BCUT2D eigenvalue weighted by atomic mass is 10.0. The van der Waals surface area contributed by atoms with Crippen LogP contribution in [-0.4, -0.2) is 26.8 Å². The summed E-state index contributed by atoms with van der Waals surface area (Å²) in [6.45, 7) is 0.687. The van der Waals surface area contributed by atoms with Gasteiger partial charge >= 0.3 is 6.18 Å². The number of benzene rings is 1. The van der Waals surface area contributed by atoms with Gasteiger partial charge in [0.05, 0.1) is 11.6 Å². The molecular weight excluding hydrogens is 259 g/mol. The summed E-state index contributed by atoms with van der Waals surface area (Å²) in [6, 6.07) is 4.99. The van der Waals surface area contributed by atoms with Crippen molar-refractivity contribution in [2.24, 2.45) is 0 Å². The summed E-state index contributed by atoms with van der Waals surface area (Å²) in [4.78, 5) is 0. The molecule has 1 N–H and O–H groups in total. The van der Waals surface area contributed by atoms with Gasteiger partial charge in [0.15, 0.2) is 0 Å². The Hall–Kier alpha value is -2.12.